The van der Waals surface area contributed by atoms with Crippen LogP contribution in [0, 0.1) is 0 Å². The first kappa shape index (κ1) is 19.2. The van der Waals surface area contributed by atoms with Crippen LogP contribution in [0.4, 0.5) is 0 Å². The zero-order chi connectivity index (χ0) is 11.2. The lowest BCUT2D eigenvalue weighted by Crippen LogP contribution is -2.17. The molecule has 0 aromatic heterocycles. The van der Waals surface area contributed by atoms with Crippen molar-refractivity contribution < 1.29 is 10.2 Å². The van der Waals surface area contributed by atoms with E-state index >= 15 is 0 Å². The van der Waals surface area contributed by atoms with Gasteiger partial charge in [0, 0.05) is 11.5 Å². The molecule has 0 radical (unpaired) electrons. The van der Waals surface area contributed by atoms with Gasteiger partial charge >= 0.3 is 0 Å². The minimum Gasteiger partial charge on any atom is -0.396 e. The van der Waals surface area contributed by atoms with Gasteiger partial charge in [-0.25, -0.2) is 0 Å². The van der Waals surface area contributed by atoms with E-state index in [2.05, 4.69) is 5.32 Å². The van der Waals surface area contributed by atoms with Gasteiger partial charge in [0.15, 0.2) is 0 Å². The number of rotatable bonds is 12. The van der Waals surface area contributed by atoms with E-state index in [0.717, 1.165) is 36.1 Å². The molecule has 0 heterocycles. The first-order valence-corrected chi connectivity index (χ1v) is 7.80. The van der Waals surface area contributed by atoms with E-state index in [1.54, 1.807) is 23.5 Å². The second kappa shape index (κ2) is 18.2. The van der Waals surface area contributed by atoms with Crippen LogP contribution in [0.15, 0.2) is 0 Å². The number of halogens is 1. The molecular weight excluding hydrogens is 266 g/mol. The Morgan fingerprint density at radius 2 is 1.19 bits per heavy atom. The molecule has 0 fully saturated rings. The molecule has 100 valence electrons. The molecule has 3 nitrogen and oxygen atoms in total. The molecule has 0 aliphatic rings. The van der Waals surface area contributed by atoms with Gasteiger partial charge in [-0.3, -0.25) is 0 Å². The zero-order valence-electron chi connectivity index (χ0n) is 9.69. The van der Waals surface area contributed by atoms with E-state index < -0.39 is 0 Å². The van der Waals surface area contributed by atoms with Crippen LogP contribution in [0.3, 0.4) is 0 Å². The van der Waals surface area contributed by atoms with Gasteiger partial charge in [-0.2, -0.15) is 23.5 Å². The molecule has 0 amide bonds. The van der Waals surface area contributed by atoms with Crippen LogP contribution in [0.25, 0.3) is 0 Å². The van der Waals surface area contributed by atoms with Crippen LogP contribution in [0.1, 0.15) is 12.8 Å². The average Bonchev–Trinajstić information content (AvgIpc) is 2.26. The Kier molecular flexibility index (Phi) is 21.9. The fraction of sp³-hybridized carbons (Fsp3) is 1.00. The van der Waals surface area contributed by atoms with Gasteiger partial charge in [0.2, 0.25) is 0 Å². The molecule has 0 atom stereocenters. The number of hydrogen-bond acceptors (Lipinski definition) is 5. The Bertz CT molecular complexity index is 111. The Balaban J connectivity index is 0. The van der Waals surface area contributed by atoms with E-state index in [4.69, 9.17) is 10.2 Å². The van der Waals surface area contributed by atoms with Crippen molar-refractivity contribution in [3.05, 3.63) is 0 Å². The maximum atomic E-state index is 8.55. The normalized spacial score (nSPS) is 10.1. The molecule has 3 N–H and O–H groups in total. The Morgan fingerprint density at radius 1 is 0.750 bits per heavy atom. The van der Waals surface area contributed by atoms with Crippen molar-refractivity contribution in [3.63, 3.8) is 0 Å². The van der Waals surface area contributed by atoms with Crippen molar-refractivity contribution in [1.82, 2.24) is 5.32 Å². The SMILES string of the molecule is Cl.OCCSCCCNCCCSCCO. The maximum absolute atomic E-state index is 8.55. The highest BCUT2D eigenvalue weighted by molar-refractivity contribution is 7.99. The highest BCUT2D eigenvalue weighted by atomic mass is 35.5. The lowest BCUT2D eigenvalue weighted by Gasteiger charge is -2.04. The van der Waals surface area contributed by atoms with E-state index in [-0.39, 0.29) is 12.4 Å². The lowest BCUT2D eigenvalue weighted by atomic mass is 10.4. The van der Waals surface area contributed by atoms with E-state index in [9.17, 15) is 0 Å². The molecule has 0 bridgehead atoms. The summed E-state index contributed by atoms with van der Waals surface area (Å²) in [6.07, 6.45) is 2.35. The van der Waals surface area contributed by atoms with Crippen molar-refractivity contribution in [2.75, 3.05) is 49.3 Å². The third-order valence-corrected chi connectivity index (χ3v) is 3.85. The molecule has 6 heteroatoms. The molecule has 0 spiro atoms. The highest BCUT2D eigenvalue weighted by Gasteiger charge is 1.91. The zero-order valence-corrected chi connectivity index (χ0v) is 12.1. The van der Waals surface area contributed by atoms with Crippen LogP contribution in [0.2, 0.25) is 0 Å². The molecule has 0 saturated heterocycles. The molecule has 0 aliphatic heterocycles. The number of thioether (sulfide) groups is 2. The van der Waals surface area contributed by atoms with E-state index in [1.165, 1.54) is 12.8 Å². The van der Waals surface area contributed by atoms with Crippen molar-refractivity contribution in [2.24, 2.45) is 0 Å². The van der Waals surface area contributed by atoms with Gasteiger partial charge < -0.3 is 15.5 Å². The quantitative estimate of drug-likeness (QED) is 0.472. The van der Waals surface area contributed by atoms with Gasteiger partial charge in [0.1, 0.15) is 0 Å². The van der Waals surface area contributed by atoms with E-state index in [1.807, 2.05) is 0 Å². The maximum Gasteiger partial charge on any atom is 0.0521 e. The molecule has 0 rings (SSSR count). The van der Waals surface area contributed by atoms with Gasteiger partial charge in [0.25, 0.3) is 0 Å². The van der Waals surface area contributed by atoms with Crippen LogP contribution in [-0.2, 0) is 0 Å². The smallest absolute Gasteiger partial charge is 0.0521 e. The Morgan fingerprint density at radius 3 is 1.56 bits per heavy atom. The third kappa shape index (κ3) is 17.3. The fourth-order valence-electron chi connectivity index (χ4n) is 1.06. The summed E-state index contributed by atoms with van der Waals surface area (Å²) < 4.78 is 0. The first-order valence-electron chi connectivity index (χ1n) is 5.49. The molecule has 0 unspecified atom stereocenters. The summed E-state index contributed by atoms with van der Waals surface area (Å²) in [7, 11) is 0. The molecule has 0 aliphatic carbocycles. The van der Waals surface area contributed by atoms with Crippen LogP contribution in [0.5, 0.6) is 0 Å². The van der Waals surface area contributed by atoms with E-state index in [0.29, 0.717) is 13.2 Å². The number of aliphatic hydroxyl groups is 2. The minimum absolute atomic E-state index is 0. The Labute approximate surface area is 114 Å². The first-order chi connectivity index (χ1) is 7.41. The summed E-state index contributed by atoms with van der Waals surface area (Å²) in [5, 5.41) is 20.5. The molecule has 16 heavy (non-hydrogen) atoms. The lowest BCUT2D eigenvalue weighted by molar-refractivity contribution is 0.322. The van der Waals surface area contributed by atoms with Crippen LogP contribution >= 0.6 is 35.9 Å². The predicted molar refractivity (Wildman–Crippen MR) is 78.2 cm³/mol. The Hall–Kier alpha value is 0.870. The topological polar surface area (TPSA) is 52.5 Å². The third-order valence-electron chi connectivity index (χ3n) is 1.76. The van der Waals surface area contributed by atoms with Gasteiger partial charge in [-0.15, -0.1) is 12.4 Å². The second-order valence-electron chi connectivity index (χ2n) is 3.13. The number of nitrogens with one attached hydrogen (secondary N) is 1. The van der Waals surface area contributed by atoms with Crippen molar-refractivity contribution >= 4 is 35.9 Å². The van der Waals surface area contributed by atoms with Gasteiger partial charge in [-0.05, 0) is 37.4 Å². The summed E-state index contributed by atoms with van der Waals surface area (Å²) in [4.78, 5) is 0. The van der Waals surface area contributed by atoms with Crippen LogP contribution in [-0.4, -0.2) is 59.5 Å². The predicted octanol–water partition coefficient (Wildman–Crippen LogP) is 1.23. The summed E-state index contributed by atoms with van der Waals surface area (Å²) in [5.74, 6) is 3.98. The summed E-state index contributed by atoms with van der Waals surface area (Å²) in [6, 6.07) is 0. The standard InChI is InChI=1S/C10H23NO2S2.ClH/c12-5-9-14-7-1-3-11-4-2-8-15-10-6-13;/h11-13H,1-10H2;1H. The molecule has 0 aromatic rings. The molecule has 0 saturated carbocycles. The largest absolute Gasteiger partial charge is 0.396 e. The fourth-order valence-corrected chi connectivity index (χ4v) is 2.42. The summed E-state index contributed by atoms with van der Waals surface area (Å²) in [6.45, 7) is 2.73. The summed E-state index contributed by atoms with van der Waals surface area (Å²) in [5.41, 5.74) is 0. The van der Waals surface area contributed by atoms with Gasteiger partial charge in [0.05, 0.1) is 13.2 Å². The van der Waals surface area contributed by atoms with Crippen molar-refractivity contribution in [3.8, 4) is 0 Å². The number of hydrogen-bond donors (Lipinski definition) is 3. The average molecular weight is 290 g/mol. The molecule has 0 aromatic carbocycles. The highest BCUT2D eigenvalue weighted by Crippen LogP contribution is 2.01. The van der Waals surface area contributed by atoms with Crippen LogP contribution < -0.4 is 5.32 Å². The second-order valence-corrected chi connectivity index (χ2v) is 5.58. The van der Waals surface area contributed by atoms with Crippen molar-refractivity contribution in [2.45, 2.75) is 12.8 Å². The summed E-state index contributed by atoms with van der Waals surface area (Å²) >= 11 is 3.61. The van der Waals surface area contributed by atoms with Gasteiger partial charge in [-0.1, -0.05) is 0 Å². The minimum atomic E-state index is 0. The van der Waals surface area contributed by atoms with Crippen molar-refractivity contribution in [1.29, 1.82) is 0 Å². The number of aliphatic hydroxyl groups excluding tert-OH is 2. The molecular formula is C10H24ClNO2S2. The monoisotopic (exact) mass is 289 g/mol.